The van der Waals surface area contributed by atoms with Crippen LogP contribution in [0.5, 0.6) is 0 Å². The number of rotatable bonds is 36. The Labute approximate surface area is 300 Å². The van der Waals surface area contributed by atoms with E-state index in [1.54, 1.807) is 0 Å². The molecule has 2 atom stereocenters. The van der Waals surface area contributed by atoms with Crippen LogP contribution < -0.4 is 5.11 Å². The summed E-state index contributed by atoms with van der Waals surface area (Å²) in [5, 5.41) is 11.6. The number of likely N-dealkylation sites (N-methyl/N-ethyl adjacent to an activating group) is 1. The second-order valence-electron chi connectivity index (χ2n) is 14.6. The number of carboxylic acid groups (broad SMARTS) is 1. The quantitative estimate of drug-likeness (QED) is 0.0212. The lowest BCUT2D eigenvalue weighted by atomic mass is 10.1. The SMILES string of the molecule is CCCCCCCC/C=C\CCCCCCCCCCCC(=O)OC(COC(=O)CCCCCCC)COC(OCC[N+](C)(C)C)C(=O)[O-]. The minimum atomic E-state index is -1.61. The summed E-state index contributed by atoms with van der Waals surface area (Å²) < 4.78 is 22.3. The fourth-order valence-corrected chi connectivity index (χ4v) is 5.35. The summed E-state index contributed by atoms with van der Waals surface area (Å²) in [6, 6.07) is 0. The average molecular weight is 698 g/mol. The van der Waals surface area contributed by atoms with Gasteiger partial charge < -0.3 is 33.3 Å². The minimum absolute atomic E-state index is 0.149. The second kappa shape index (κ2) is 33.2. The third kappa shape index (κ3) is 34.3. The molecule has 0 aromatic rings. The van der Waals surface area contributed by atoms with Gasteiger partial charge in [-0.15, -0.1) is 0 Å². The van der Waals surface area contributed by atoms with Crippen LogP contribution in [0.15, 0.2) is 12.2 Å². The number of carbonyl (C=O) groups is 3. The van der Waals surface area contributed by atoms with Crippen LogP contribution in [0.25, 0.3) is 0 Å². The topological polar surface area (TPSA) is 111 Å². The fourth-order valence-electron chi connectivity index (χ4n) is 5.35. The van der Waals surface area contributed by atoms with Crippen molar-refractivity contribution >= 4 is 17.9 Å². The number of carboxylic acids is 1. The minimum Gasteiger partial charge on any atom is -0.545 e. The van der Waals surface area contributed by atoms with Gasteiger partial charge in [0.25, 0.3) is 0 Å². The number of unbranched alkanes of at least 4 members (excludes halogenated alkanes) is 19. The molecule has 0 aliphatic rings. The molecule has 0 amide bonds. The first-order chi connectivity index (χ1) is 23.6. The molecule has 0 radical (unpaired) electrons. The molecular formula is C40H75NO8. The van der Waals surface area contributed by atoms with E-state index in [4.69, 9.17) is 18.9 Å². The Morgan fingerprint density at radius 1 is 0.592 bits per heavy atom. The van der Waals surface area contributed by atoms with Crippen LogP contribution >= 0.6 is 0 Å². The smallest absolute Gasteiger partial charge is 0.306 e. The summed E-state index contributed by atoms with van der Waals surface area (Å²) in [6.45, 7) is 4.63. The normalized spacial score (nSPS) is 13.1. The van der Waals surface area contributed by atoms with Crippen molar-refractivity contribution in [1.82, 2.24) is 0 Å². The molecule has 9 heteroatoms. The lowest BCUT2D eigenvalue weighted by Crippen LogP contribution is -2.44. The van der Waals surface area contributed by atoms with Gasteiger partial charge in [0.2, 0.25) is 0 Å². The van der Waals surface area contributed by atoms with Crippen LogP contribution in [0.1, 0.15) is 168 Å². The maximum absolute atomic E-state index is 12.6. The third-order valence-corrected chi connectivity index (χ3v) is 8.51. The molecule has 0 bridgehead atoms. The molecule has 0 N–H and O–H groups in total. The van der Waals surface area contributed by atoms with E-state index in [0.717, 1.165) is 51.4 Å². The number of hydrogen-bond donors (Lipinski definition) is 0. The highest BCUT2D eigenvalue weighted by Gasteiger charge is 2.21. The zero-order chi connectivity index (χ0) is 36.4. The number of carbonyl (C=O) groups excluding carboxylic acids is 3. The summed E-state index contributed by atoms with van der Waals surface area (Å²) in [5.41, 5.74) is 0. The van der Waals surface area contributed by atoms with Gasteiger partial charge in [-0.25, -0.2) is 0 Å². The first kappa shape index (κ1) is 47.0. The van der Waals surface area contributed by atoms with Crippen LogP contribution in [0, 0.1) is 0 Å². The lowest BCUT2D eigenvalue weighted by Gasteiger charge is -2.26. The predicted octanol–water partition coefficient (Wildman–Crippen LogP) is 8.22. The summed E-state index contributed by atoms with van der Waals surface area (Å²) in [4.78, 5) is 36.5. The zero-order valence-electron chi connectivity index (χ0n) is 32.3. The van der Waals surface area contributed by atoms with Gasteiger partial charge in [0.15, 0.2) is 12.4 Å². The molecule has 2 unspecified atom stereocenters. The summed E-state index contributed by atoms with van der Waals surface area (Å²) >= 11 is 0. The molecule has 0 fully saturated rings. The van der Waals surface area contributed by atoms with Gasteiger partial charge in [-0.3, -0.25) is 9.59 Å². The molecule has 0 heterocycles. The Morgan fingerprint density at radius 2 is 1.04 bits per heavy atom. The fraction of sp³-hybridized carbons (Fsp3) is 0.875. The van der Waals surface area contributed by atoms with Crippen LogP contribution in [0.3, 0.4) is 0 Å². The number of ether oxygens (including phenoxy) is 4. The Kier molecular flexibility index (Phi) is 31.9. The highest BCUT2D eigenvalue weighted by molar-refractivity contribution is 5.70. The average Bonchev–Trinajstić information content (AvgIpc) is 3.05. The molecule has 288 valence electrons. The van der Waals surface area contributed by atoms with Crippen molar-refractivity contribution in [2.75, 3.05) is 47.5 Å². The maximum atomic E-state index is 12.6. The number of quaternary nitrogens is 1. The van der Waals surface area contributed by atoms with Crippen molar-refractivity contribution < 1.29 is 42.9 Å². The summed E-state index contributed by atoms with van der Waals surface area (Å²) in [6.07, 6.45) is 28.6. The third-order valence-electron chi connectivity index (χ3n) is 8.51. The highest BCUT2D eigenvalue weighted by Crippen LogP contribution is 2.14. The summed E-state index contributed by atoms with van der Waals surface area (Å²) in [7, 11) is 5.89. The monoisotopic (exact) mass is 698 g/mol. The van der Waals surface area contributed by atoms with Crippen molar-refractivity contribution in [3.8, 4) is 0 Å². The van der Waals surface area contributed by atoms with E-state index in [2.05, 4.69) is 26.0 Å². The molecule has 0 saturated carbocycles. The van der Waals surface area contributed by atoms with Gasteiger partial charge in [0, 0.05) is 12.8 Å². The van der Waals surface area contributed by atoms with E-state index < -0.39 is 24.3 Å². The number of allylic oxidation sites excluding steroid dienone is 2. The largest absolute Gasteiger partial charge is 0.545 e. The van der Waals surface area contributed by atoms with Crippen molar-refractivity contribution in [3.05, 3.63) is 12.2 Å². The van der Waals surface area contributed by atoms with E-state index in [-0.39, 0.29) is 38.6 Å². The molecule has 0 aromatic carbocycles. The number of esters is 2. The molecule has 0 spiro atoms. The molecule has 9 nitrogen and oxygen atoms in total. The van der Waals surface area contributed by atoms with Crippen LogP contribution in [-0.2, 0) is 33.3 Å². The molecule has 49 heavy (non-hydrogen) atoms. The predicted molar refractivity (Wildman–Crippen MR) is 196 cm³/mol. The summed E-state index contributed by atoms with van der Waals surface area (Å²) in [5.74, 6) is -2.30. The second-order valence-corrected chi connectivity index (χ2v) is 14.6. The van der Waals surface area contributed by atoms with Crippen molar-refractivity contribution in [1.29, 1.82) is 0 Å². The van der Waals surface area contributed by atoms with Gasteiger partial charge in [-0.05, 0) is 38.5 Å². The van der Waals surface area contributed by atoms with E-state index in [0.29, 0.717) is 17.4 Å². The Balaban J connectivity index is 4.30. The first-order valence-electron chi connectivity index (χ1n) is 19.8. The highest BCUT2D eigenvalue weighted by atomic mass is 16.7. The Hall–Kier alpha value is -1.97. The molecule has 0 aliphatic heterocycles. The number of hydrogen-bond acceptors (Lipinski definition) is 8. The standard InChI is InChI=1S/C40H75NO8/c1-6-8-10-12-13-14-15-16-17-18-19-20-21-22-23-24-25-27-29-31-38(43)49-36(34-47-37(42)30-28-26-11-9-7-2)35-48-40(39(44)45)46-33-32-41(3,4)5/h16-17,36,40H,6-15,18-35H2,1-5H3/b17-16-. The number of aliphatic carboxylic acids is 1. The van der Waals surface area contributed by atoms with E-state index in [9.17, 15) is 19.5 Å². The Bertz CT molecular complexity index is 826. The molecule has 0 saturated heterocycles. The van der Waals surface area contributed by atoms with Crippen LogP contribution in [0.4, 0.5) is 0 Å². The van der Waals surface area contributed by atoms with Crippen LogP contribution in [0.2, 0.25) is 0 Å². The van der Waals surface area contributed by atoms with E-state index in [1.165, 1.54) is 83.5 Å². The van der Waals surface area contributed by atoms with Crippen LogP contribution in [-0.4, -0.2) is 82.3 Å². The van der Waals surface area contributed by atoms with Gasteiger partial charge in [-0.2, -0.15) is 0 Å². The van der Waals surface area contributed by atoms with E-state index in [1.807, 2.05) is 21.1 Å². The van der Waals surface area contributed by atoms with E-state index >= 15 is 0 Å². The van der Waals surface area contributed by atoms with Gasteiger partial charge in [0.1, 0.15) is 13.2 Å². The molecule has 0 aliphatic carbocycles. The van der Waals surface area contributed by atoms with Gasteiger partial charge in [0.05, 0.1) is 40.3 Å². The Morgan fingerprint density at radius 3 is 1.51 bits per heavy atom. The zero-order valence-corrected chi connectivity index (χ0v) is 32.3. The molecule has 0 aromatic heterocycles. The van der Waals surface area contributed by atoms with Crippen molar-refractivity contribution in [2.45, 2.75) is 180 Å². The van der Waals surface area contributed by atoms with Crippen molar-refractivity contribution in [2.24, 2.45) is 0 Å². The van der Waals surface area contributed by atoms with Gasteiger partial charge >= 0.3 is 11.9 Å². The number of nitrogens with zero attached hydrogens (tertiary/aromatic N) is 1. The lowest BCUT2D eigenvalue weighted by molar-refractivity contribution is -0.870. The molecule has 0 rings (SSSR count). The first-order valence-corrected chi connectivity index (χ1v) is 19.8. The molecular weight excluding hydrogens is 622 g/mol. The van der Waals surface area contributed by atoms with Crippen molar-refractivity contribution in [3.63, 3.8) is 0 Å². The maximum Gasteiger partial charge on any atom is 0.306 e. The van der Waals surface area contributed by atoms with Gasteiger partial charge in [-0.1, -0.05) is 129 Å².